The minimum Gasteiger partial charge on any atom is -0.381 e. The smallest absolute Gasteiger partial charge is 0.213 e. The first kappa shape index (κ1) is 10.8. The zero-order valence-electron chi connectivity index (χ0n) is 8.93. The fourth-order valence-electron chi connectivity index (χ4n) is 1.84. The molecule has 1 fully saturated rings. The minimum absolute atomic E-state index is 0.0253. The van der Waals surface area contributed by atoms with E-state index >= 15 is 0 Å². The first-order valence-corrected chi connectivity index (χ1v) is 5.33. The van der Waals surface area contributed by atoms with Gasteiger partial charge in [-0.2, -0.15) is 5.26 Å². The van der Waals surface area contributed by atoms with Gasteiger partial charge in [-0.3, -0.25) is 4.79 Å². The fourth-order valence-corrected chi connectivity index (χ4v) is 1.84. The molecule has 0 aromatic carbocycles. The molecule has 1 aromatic heterocycles. The Morgan fingerprint density at radius 2 is 2.62 bits per heavy atom. The molecule has 84 valence electrons. The monoisotopic (exact) mass is 219 g/mol. The number of ketones is 1. The SMILES string of the molecule is N#Cc1nccn1CC(=O)[C@@H]1CCCOC1. The molecule has 0 amide bonds. The second kappa shape index (κ2) is 4.90. The summed E-state index contributed by atoms with van der Waals surface area (Å²) in [5, 5.41) is 8.76. The highest BCUT2D eigenvalue weighted by Crippen LogP contribution is 2.15. The zero-order valence-corrected chi connectivity index (χ0v) is 8.93. The van der Waals surface area contributed by atoms with E-state index in [1.54, 1.807) is 10.8 Å². The second-order valence-electron chi connectivity index (χ2n) is 3.87. The summed E-state index contributed by atoms with van der Waals surface area (Å²) in [6.07, 6.45) is 5.00. The molecule has 5 nitrogen and oxygen atoms in total. The number of imidazole rings is 1. The van der Waals surface area contributed by atoms with E-state index in [-0.39, 0.29) is 24.1 Å². The van der Waals surface area contributed by atoms with Gasteiger partial charge in [0.25, 0.3) is 0 Å². The summed E-state index contributed by atoms with van der Waals surface area (Å²) in [6, 6.07) is 1.95. The van der Waals surface area contributed by atoms with Crippen LogP contribution in [-0.2, 0) is 16.1 Å². The molecule has 16 heavy (non-hydrogen) atoms. The molecular weight excluding hydrogens is 206 g/mol. The van der Waals surface area contributed by atoms with Gasteiger partial charge in [-0.15, -0.1) is 0 Å². The fraction of sp³-hybridized carbons (Fsp3) is 0.545. The van der Waals surface area contributed by atoms with E-state index < -0.39 is 0 Å². The molecule has 0 radical (unpaired) electrons. The standard InChI is InChI=1S/C11H13N3O2/c12-6-11-13-3-4-14(11)7-10(15)9-2-1-5-16-8-9/h3-4,9H,1-2,5,7-8H2/t9-/m1/s1. The van der Waals surface area contributed by atoms with E-state index in [1.165, 1.54) is 6.20 Å². The lowest BCUT2D eigenvalue weighted by Crippen LogP contribution is -2.28. The molecule has 1 aromatic rings. The van der Waals surface area contributed by atoms with Crippen LogP contribution in [0.1, 0.15) is 18.7 Å². The van der Waals surface area contributed by atoms with E-state index in [0.29, 0.717) is 6.61 Å². The minimum atomic E-state index is -0.0253. The van der Waals surface area contributed by atoms with Crippen LogP contribution >= 0.6 is 0 Å². The molecule has 5 heteroatoms. The summed E-state index contributed by atoms with van der Waals surface area (Å²) < 4.78 is 6.85. The van der Waals surface area contributed by atoms with E-state index in [9.17, 15) is 4.79 Å². The summed E-state index contributed by atoms with van der Waals surface area (Å²) in [6.45, 7) is 1.48. The number of aromatic nitrogens is 2. The number of rotatable bonds is 3. The lowest BCUT2D eigenvalue weighted by molar-refractivity contribution is -0.127. The van der Waals surface area contributed by atoms with Crippen molar-refractivity contribution < 1.29 is 9.53 Å². The second-order valence-corrected chi connectivity index (χ2v) is 3.87. The molecule has 0 aliphatic carbocycles. The third-order valence-corrected chi connectivity index (χ3v) is 2.76. The molecule has 0 saturated carbocycles. The normalized spacial score (nSPS) is 20.3. The first-order valence-electron chi connectivity index (χ1n) is 5.33. The average Bonchev–Trinajstić information content (AvgIpc) is 2.77. The van der Waals surface area contributed by atoms with Crippen molar-refractivity contribution in [3.05, 3.63) is 18.2 Å². The van der Waals surface area contributed by atoms with E-state index in [2.05, 4.69) is 4.98 Å². The average molecular weight is 219 g/mol. The molecule has 1 aliphatic rings. The van der Waals surface area contributed by atoms with Gasteiger partial charge in [0.05, 0.1) is 13.2 Å². The Bertz CT molecular complexity index is 413. The van der Waals surface area contributed by atoms with Crippen molar-refractivity contribution in [2.24, 2.45) is 5.92 Å². The molecule has 1 aliphatic heterocycles. The quantitative estimate of drug-likeness (QED) is 0.752. The molecule has 0 spiro atoms. The van der Waals surface area contributed by atoms with Crippen LogP contribution in [0.2, 0.25) is 0 Å². The lowest BCUT2D eigenvalue weighted by Gasteiger charge is -2.20. The maximum atomic E-state index is 11.9. The van der Waals surface area contributed by atoms with Gasteiger partial charge < -0.3 is 9.30 Å². The van der Waals surface area contributed by atoms with Crippen molar-refractivity contribution in [2.45, 2.75) is 19.4 Å². The predicted molar refractivity (Wildman–Crippen MR) is 55.5 cm³/mol. The van der Waals surface area contributed by atoms with Gasteiger partial charge >= 0.3 is 0 Å². The van der Waals surface area contributed by atoms with E-state index in [0.717, 1.165) is 19.4 Å². The summed E-state index contributed by atoms with van der Waals surface area (Å²) in [5.41, 5.74) is 0. The molecule has 2 heterocycles. The number of nitriles is 1. The number of hydrogen-bond donors (Lipinski definition) is 0. The maximum absolute atomic E-state index is 11.9. The highest BCUT2D eigenvalue weighted by Gasteiger charge is 2.22. The Labute approximate surface area is 93.7 Å². The highest BCUT2D eigenvalue weighted by atomic mass is 16.5. The summed E-state index contributed by atoms with van der Waals surface area (Å²) in [7, 11) is 0. The number of Topliss-reactive ketones (excluding diaryl/α,β-unsaturated/α-hetero) is 1. The lowest BCUT2D eigenvalue weighted by atomic mass is 9.97. The van der Waals surface area contributed by atoms with E-state index in [4.69, 9.17) is 10.00 Å². The van der Waals surface area contributed by atoms with Crippen molar-refractivity contribution in [1.82, 2.24) is 9.55 Å². The number of ether oxygens (including phenoxy) is 1. The summed E-state index contributed by atoms with van der Waals surface area (Å²) >= 11 is 0. The largest absolute Gasteiger partial charge is 0.381 e. The van der Waals surface area contributed by atoms with Crippen LogP contribution in [0, 0.1) is 17.2 Å². The molecule has 0 N–H and O–H groups in total. The Hall–Kier alpha value is -1.67. The van der Waals surface area contributed by atoms with Gasteiger partial charge in [0.1, 0.15) is 6.07 Å². The maximum Gasteiger partial charge on any atom is 0.213 e. The summed E-state index contributed by atoms with van der Waals surface area (Å²) in [4.78, 5) is 15.7. The molecular formula is C11H13N3O2. The van der Waals surface area contributed by atoms with Crippen LogP contribution in [-0.4, -0.2) is 28.5 Å². The summed E-state index contributed by atoms with van der Waals surface area (Å²) in [5.74, 6) is 0.377. The predicted octanol–water partition coefficient (Wildman–Crippen LogP) is 0.750. The molecule has 2 rings (SSSR count). The molecule has 1 saturated heterocycles. The third kappa shape index (κ3) is 2.28. The van der Waals surface area contributed by atoms with Gasteiger partial charge in [0, 0.05) is 24.9 Å². The highest BCUT2D eigenvalue weighted by molar-refractivity contribution is 5.81. The van der Waals surface area contributed by atoms with Crippen molar-refractivity contribution in [3.8, 4) is 6.07 Å². The molecule has 1 atom stereocenters. The van der Waals surface area contributed by atoms with Gasteiger partial charge in [-0.1, -0.05) is 0 Å². The first-order chi connectivity index (χ1) is 7.81. The van der Waals surface area contributed by atoms with Gasteiger partial charge in [-0.25, -0.2) is 4.98 Å². The zero-order chi connectivity index (χ0) is 11.4. The Balaban J connectivity index is 1.99. The van der Waals surface area contributed by atoms with Crippen LogP contribution in [0.15, 0.2) is 12.4 Å². The Morgan fingerprint density at radius 1 is 1.75 bits per heavy atom. The molecule has 0 unspecified atom stereocenters. The number of nitrogens with zero attached hydrogens (tertiary/aromatic N) is 3. The van der Waals surface area contributed by atoms with Crippen LogP contribution < -0.4 is 0 Å². The number of carbonyl (C=O) groups is 1. The van der Waals surface area contributed by atoms with Crippen LogP contribution in [0.3, 0.4) is 0 Å². The Morgan fingerprint density at radius 3 is 3.31 bits per heavy atom. The number of hydrogen-bond acceptors (Lipinski definition) is 4. The van der Waals surface area contributed by atoms with Crippen LogP contribution in [0.25, 0.3) is 0 Å². The van der Waals surface area contributed by atoms with Gasteiger partial charge in [0.2, 0.25) is 5.82 Å². The van der Waals surface area contributed by atoms with E-state index in [1.807, 2.05) is 6.07 Å². The van der Waals surface area contributed by atoms with Crippen molar-refractivity contribution in [1.29, 1.82) is 5.26 Å². The van der Waals surface area contributed by atoms with Gasteiger partial charge in [0.15, 0.2) is 5.78 Å². The van der Waals surface area contributed by atoms with Crippen molar-refractivity contribution >= 4 is 5.78 Å². The third-order valence-electron chi connectivity index (χ3n) is 2.76. The molecule has 0 bridgehead atoms. The topological polar surface area (TPSA) is 67.9 Å². The van der Waals surface area contributed by atoms with Crippen LogP contribution in [0.4, 0.5) is 0 Å². The Kier molecular flexibility index (Phi) is 3.32. The van der Waals surface area contributed by atoms with Crippen molar-refractivity contribution in [3.63, 3.8) is 0 Å². The van der Waals surface area contributed by atoms with Gasteiger partial charge in [-0.05, 0) is 12.8 Å². The van der Waals surface area contributed by atoms with Crippen molar-refractivity contribution in [2.75, 3.05) is 13.2 Å². The van der Waals surface area contributed by atoms with Crippen LogP contribution in [0.5, 0.6) is 0 Å². The number of carbonyl (C=O) groups excluding carboxylic acids is 1.